The number of carboxylic acids is 1. The number of nitrogens with zero attached hydrogens (tertiary/aromatic N) is 2. The van der Waals surface area contributed by atoms with Crippen molar-refractivity contribution in [2.45, 2.75) is 12.8 Å². The Kier molecular flexibility index (Phi) is 8.59. The molecule has 9 nitrogen and oxygen atoms in total. The second kappa shape index (κ2) is 12.0. The van der Waals surface area contributed by atoms with Gasteiger partial charge in [-0.1, -0.05) is 12.1 Å². The fourth-order valence-corrected chi connectivity index (χ4v) is 5.28. The van der Waals surface area contributed by atoms with Gasteiger partial charge in [-0.15, -0.1) is 22.7 Å². The molecule has 0 saturated carbocycles. The summed E-state index contributed by atoms with van der Waals surface area (Å²) in [5, 5.41) is 18.2. The molecule has 3 N–H and O–H groups in total. The summed E-state index contributed by atoms with van der Waals surface area (Å²) >= 11 is 2.77. The Morgan fingerprint density at radius 3 is 2.57 bits per heavy atom. The zero-order chi connectivity index (χ0) is 24.6. The number of carboxylic acid groups (broad SMARTS) is 1. The van der Waals surface area contributed by atoms with Gasteiger partial charge in [-0.05, 0) is 48.5 Å². The lowest BCUT2D eigenvalue weighted by Crippen LogP contribution is -2.36. The summed E-state index contributed by atoms with van der Waals surface area (Å²) in [6.45, 7) is 4.06. The number of aromatic nitrogens is 1. The Morgan fingerprint density at radius 1 is 1.06 bits per heavy atom. The number of benzene rings is 1. The normalized spacial score (nSPS) is 13.9. The Morgan fingerprint density at radius 2 is 1.83 bits per heavy atom. The molecule has 0 spiro atoms. The third kappa shape index (κ3) is 6.95. The van der Waals surface area contributed by atoms with Crippen LogP contribution in [0.3, 0.4) is 0 Å². The maximum atomic E-state index is 12.9. The van der Waals surface area contributed by atoms with E-state index in [9.17, 15) is 14.4 Å². The lowest BCUT2D eigenvalue weighted by atomic mass is 10.1. The van der Waals surface area contributed by atoms with Gasteiger partial charge in [0.2, 0.25) is 0 Å². The predicted molar refractivity (Wildman–Crippen MR) is 135 cm³/mol. The first-order chi connectivity index (χ1) is 17.0. The number of amides is 2. The van der Waals surface area contributed by atoms with Gasteiger partial charge in [-0.3, -0.25) is 24.6 Å². The van der Waals surface area contributed by atoms with E-state index in [1.807, 2.05) is 16.8 Å². The fraction of sp³-hybridized carbons (Fsp3) is 0.333. The Hall–Kier alpha value is -3.12. The summed E-state index contributed by atoms with van der Waals surface area (Å²) in [4.78, 5) is 43.1. The van der Waals surface area contributed by atoms with Crippen molar-refractivity contribution >= 4 is 45.6 Å². The number of thiophene rings is 1. The van der Waals surface area contributed by atoms with Gasteiger partial charge >= 0.3 is 5.97 Å². The Bertz CT molecular complexity index is 1170. The molecule has 0 atom stereocenters. The van der Waals surface area contributed by atoms with E-state index in [0.717, 1.165) is 56.8 Å². The topological polar surface area (TPSA) is 121 Å². The first-order valence-corrected chi connectivity index (χ1v) is 13.0. The number of anilines is 1. The van der Waals surface area contributed by atoms with Gasteiger partial charge in [-0.25, -0.2) is 4.98 Å². The van der Waals surface area contributed by atoms with Crippen LogP contribution < -0.4 is 10.6 Å². The van der Waals surface area contributed by atoms with Crippen molar-refractivity contribution in [2.75, 3.05) is 44.7 Å². The number of ether oxygens (including phenoxy) is 1. The van der Waals surface area contributed by atoms with E-state index in [-0.39, 0.29) is 5.91 Å². The molecule has 1 aromatic carbocycles. The van der Waals surface area contributed by atoms with Gasteiger partial charge < -0.3 is 15.2 Å². The Balaban J connectivity index is 1.32. The highest BCUT2D eigenvalue weighted by Gasteiger charge is 2.17. The third-order valence-electron chi connectivity index (χ3n) is 5.54. The average Bonchev–Trinajstić information content (AvgIpc) is 3.53. The summed E-state index contributed by atoms with van der Waals surface area (Å²) in [6, 6.07) is 8.71. The van der Waals surface area contributed by atoms with Crippen LogP contribution >= 0.6 is 22.7 Å². The molecule has 3 heterocycles. The third-order valence-corrected chi connectivity index (χ3v) is 7.26. The molecule has 0 bridgehead atoms. The quantitative estimate of drug-likeness (QED) is 0.380. The van der Waals surface area contributed by atoms with Crippen LogP contribution in [0.5, 0.6) is 0 Å². The molecular formula is C24H26N4O5S2. The maximum Gasteiger partial charge on any atom is 0.322 e. The second-order valence-electron chi connectivity index (χ2n) is 7.98. The van der Waals surface area contributed by atoms with E-state index < -0.39 is 18.4 Å². The number of hydrogen-bond donors (Lipinski definition) is 3. The highest BCUT2D eigenvalue weighted by atomic mass is 32.1. The molecule has 0 unspecified atom stereocenters. The molecule has 11 heteroatoms. The molecule has 0 aliphatic carbocycles. The molecule has 1 aliphatic rings. The minimum absolute atomic E-state index is 0.160. The number of hydrogen-bond acceptors (Lipinski definition) is 8. The standard InChI is InChI=1S/C24H26N4O5S2/c29-20(30)14-25-22(31)18-5-3-16(4-6-18)19-15-35-24(26-19)27-23(32)21-17(7-13-34-21)2-1-8-28-9-11-33-12-10-28/h3-7,13,15H,1-2,8-12,14H2,(H,25,31)(H,29,30)(H,26,27,32). The summed E-state index contributed by atoms with van der Waals surface area (Å²) < 4.78 is 5.39. The van der Waals surface area contributed by atoms with Crippen molar-refractivity contribution in [1.82, 2.24) is 15.2 Å². The smallest absolute Gasteiger partial charge is 0.322 e. The SMILES string of the molecule is O=C(O)CNC(=O)c1ccc(-c2csc(NC(=O)c3sccc3CCCN3CCOCC3)n2)cc1. The monoisotopic (exact) mass is 514 g/mol. The average molecular weight is 515 g/mol. The van der Waals surface area contributed by atoms with Gasteiger partial charge in [0.1, 0.15) is 6.54 Å². The second-order valence-corrected chi connectivity index (χ2v) is 9.75. The number of thiazole rings is 1. The summed E-state index contributed by atoms with van der Waals surface area (Å²) in [5.41, 5.74) is 2.88. The minimum Gasteiger partial charge on any atom is -0.480 e. The summed E-state index contributed by atoms with van der Waals surface area (Å²) in [6.07, 6.45) is 1.84. The van der Waals surface area contributed by atoms with E-state index in [1.165, 1.54) is 22.7 Å². The number of aliphatic carboxylic acids is 1. The predicted octanol–water partition coefficient (Wildman–Crippen LogP) is 3.20. The number of morpholine rings is 1. The molecule has 1 aliphatic heterocycles. The highest BCUT2D eigenvalue weighted by molar-refractivity contribution is 7.14. The highest BCUT2D eigenvalue weighted by Crippen LogP contribution is 2.27. The lowest BCUT2D eigenvalue weighted by Gasteiger charge is -2.26. The van der Waals surface area contributed by atoms with Gasteiger partial charge in [0, 0.05) is 29.6 Å². The van der Waals surface area contributed by atoms with Crippen LogP contribution in [-0.4, -0.2) is 72.2 Å². The number of nitrogens with one attached hydrogen (secondary N) is 2. The molecule has 2 amide bonds. The van der Waals surface area contributed by atoms with E-state index >= 15 is 0 Å². The first-order valence-electron chi connectivity index (χ1n) is 11.2. The van der Waals surface area contributed by atoms with Crippen molar-refractivity contribution in [3.05, 3.63) is 57.1 Å². The zero-order valence-electron chi connectivity index (χ0n) is 19.0. The van der Waals surface area contributed by atoms with Crippen LogP contribution in [0.15, 0.2) is 41.1 Å². The molecule has 184 valence electrons. The number of carbonyl (C=O) groups excluding carboxylic acids is 2. The Labute approximate surface area is 210 Å². The number of rotatable bonds is 10. The molecule has 1 fully saturated rings. The van der Waals surface area contributed by atoms with Crippen LogP contribution in [0.1, 0.15) is 32.0 Å². The molecule has 3 aromatic rings. The van der Waals surface area contributed by atoms with Gasteiger partial charge in [-0.2, -0.15) is 0 Å². The van der Waals surface area contributed by atoms with E-state index in [4.69, 9.17) is 9.84 Å². The van der Waals surface area contributed by atoms with Gasteiger partial charge in [0.15, 0.2) is 5.13 Å². The first kappa shape index (κ1) is 25.0. The van der Waals surface area contributed by atoms with Crippen LogP contribution in [0.25, 0.3) is 11.3 Å². The van der Waals surface area contributed by atoms with Crippen LogP contribution in [0.2, 0.25) is 0 Å². The molecule has 0 radical (unpaired) electrons. The molecule has 35 heavy (non-hydrogen) atoms. The van der Waals surface area contributed by atoms with E-state index in [0.29, 0.717) is 21.3 Å². The summed E-state index contributed by atoms with van der Waals surface area (Å²) in [5.74, 6) is -1.72. The van der Waals surface area contributed by atoms with Crippen molar-refractivity contribution in [1.29, 1.82) is 0 Å². The minimum atomic E-state index is -1.10. The van der Waals surface area contributed by atoms with Crippen LogP contribution in [0.4, 0.5) is 5.13 Å². The fourth-order valence-electron chi connectivity index (χ4n) is 3.72. The van der Waals surface area contributed by atoms with Crippen LogP contribution in [-0.2, 0) is 16.0 Å². The number of aryl methyl sites for hydroxylation is 1. The van der Waals surface area contributed by atoms with Crippen molar-refractivity contribution in [3.63, 3.8) is 0 Å². The molecule has 4 rings (SSSR count). The van der Waals surface area contributed by atoms with Gasteiger partial charge in [0.25, 0.3) is 11.8 Å². The van der Waals surface area contributed by atoms with E-state index in [2.05, 4.69) is 20.5 Å². The maximum absolute atomic E-state index is 12.9. The van der Waals surface area contributed by atoms with Gasteiger partial charge in [0.05, 0.1) is 23.8 Å². The molecular weight excluding hydrogens is 488 g/mol. The number of carbonyl (C=O) groups is 3. The lowest BCUT2D eigenvalue weighted by molar-refractivity contribution is -0.135. The van der Waals surface area contributed by atoms with E-state index in [1.54, 1.807) is 24.3 Å². The van der Waals surface area contributed by atoms with Crippen molar-refractivity contribution < 1.29 is 24.2 Å². The van der Waals surface area contributed by atoms with Crippen molar-refractivity contribution in [2.24, 2.45) is 0 Å². The molecule has 1 saturated heterocycles. The molecule has 2 aromatic heterocycles. The zero-order valence-corrected chi connectivity index (χ0v) is 20.6. The van der Waals surface area contributed by atoms with Crippen molar-refractivity contribution in [3.8, 4) is 11.3 Å². The summed E-state index contributed by atoms with van der Waals surface area (Å²) in [7, 11) is 0. The largest absolute Gasteiger partial charge is 0.480 e. The van der Waals surface area contributed by atoms with Crippen LogP contribution in [0, 0.1) is 0 Å².